The van der Waals surface area contributed by atoms with Crippen LogP contribution in [-0.4, -0.2) is 10.2 Å². The second kappa shape index (κ2) is 9.25. The lowest BCUT2D eigenvalue weighted by Crippen LogP contribution is -2.25. The summed E-state index contributed by atoms with van der Waals surface area (Å²) in [5.41, 5.74) is 13.2. The Morgan fingerprint density at radius 1 is 0.706 bits per heavy atom. The topological polar surface area (TPSA) is 28.7 Å². The van der Waals surface area contributed by atoms with Gasteiger partial charge in [0.05, 0.1) is 5.69 Å². The number of hydrogen-bond acceptors (Lipinski definition) is 1. The van der Waals surface area contributed by atoms with E-state index in [9.17, 15) is 0 Å². The first-order valence-electron chi connectivity index (χ1n) is 13.0. The number of aryl methyl sites for hydroxylation is 1. The molecule has 0 amide bonds. The summed E-state index contributed by atoms with van der Waals surface area (Å²) in [6, 6.07) is 25.3. The van der Waals surface area contributed by atoms with Crippen molar-refractivity contribution in [3.05, 3.63) is 89.1 Å². The molecule has 1 aromatic heterocycles. The van der Waals surface area contributed by atoms with E-state index in [0.717, 1.165) is 11.4 Å². The highest BCUT2D eigenvalue weighted by molar-refractivity contribution is 5.84. The van der Waals surface area contributed by atoms with Crippen molar-refractivity contribution in [1.29, 1.82) is 0 Å². The molecule has 0 spiro atoms. The second-order valence-corrected chi connectivity index (χ2v) is 9.99. The maximum absolute atomic E-state index is 4.51. The normalized spacial score (nSPS) is 13.6. The fraction of sp³-hybridized carbons (Fsp3) is 0.344. The fourth-order valence-electron chi connectivity index (χ4n) is 5.84. The first-order chi connectivity index (χ1) is 16.6. The molecule has 0 fully saturated rings. The summed E-state index contributed by atoms with van der Waals surface area (Å²) >= 11 is 0. The number of hydrogen-bond donors (Lipinski definition) is 1. The van der Waals surface area contributed by atoms with E-state index in [4.69, 9.17) is 0 Å². The van der Waals surface area contributed by atoms with Gasteiger partial charge in [0.2, 0.25) is 0 Å². The maximum atomic E-state index is 4.51. The van der Waals surface area contributed by atoms with Crippen molar-refractivity contribution in [1.82, 2.24) is 10.2 Å². The summed E-state index contributed by atoms with van der Waals surface area (Å²) in [6.07, 6.45) is 7.45. The zero-order chi connectivity index (χ0) is 23.7. The molecule has 0 unspecified atom stereocenters. The molecule has 1 N–H and O–H groups in total. The van der Waals surface area contributed by atoms with Crippen LogP contribution in [0.5, 0.6) is 0 Å². The average Bonchev–Trinajstić information content (AvgIpc) is 3.36. The minimum atomic E-state index is 0.136. The number of nitrogens with zero attached hydrogens (tertiary/aromatic N) is 1. The average molecular weight is 449 g/mol. The lowest BCUT2D eigenvalue weighted by molar-refractivity contribution is 0.414. The van der Waals surface area contributed by atoms with Gasteiger partial charge in [0.25, 0.3) is 0 Å². The molecule has 174 valence electrons. The molecule has 4 aromatic rings. The third-order valence-electron chi connectivity index (χ3n) is 7.93. The fourth-order valence-corrected chi connectivity index (χ4v) is 5.84. The summed E-state index contributed by atoms with van der Waals surface area (Å²) in [5, 5.41) is 7.62. The van der Waals surface area contributed by atoms with Gasteiger partial charge in [-0.3, -0.25) is 5.10 Å². The van der Waals surface area contributed by atoms with Gasteiger partial charge in [-0.1, -0.05) is 100 Å². The first-order valence-corrected chi connectivity index (χ1v) is 13.0. The number of rotatable bonds is 8. The van der Waals surface area contributed by atoms with E-state index in [1.165, 1.54) is 77.5 Å². The Morgan fingerprint density at radius 3 is 1.97 bits per heavy atom. The van der Waals surface area contributed by atoms with Crippen molar-refractivity contribution < 1.29 is 0 Å². The molecule has 1 aliphatic rings. The molecular weight excluding hydrogens is 412 g/mol. The molecule has 0 saturated carbocycles. The van der Waals surface area contributed by atoms with E-state index in [1.807, 2.05) is 0 Å². The number of fused-ring (bicyclic) bond motifs is 3. The number of H-pyrrole nitrogens is 1. The van der Waals surface area contributed by atoms with Crippen molar-refractivity contribution in [3.63, 3.8) is 0 Å². The van der Waals surface area contributed by atoms with E-state index in [2.05, 4.69) is 105 Å². The summed E-state index contributed by atoms with van der Waals surface area (Å²) in [6.45, 7) is 8.84. The lowest BCUT2D eigenvalue weighted by Gasteiger charge is -2.33. The zero-order valence-electron chi connectivity index (χ0n) is 21.0. The number of unbranched alkanes of at least 4 members (excludes halogenated alkanes) is 2. The van der Waals surface area contributed by atoms with Crippen LogP contribution in [0.15, 0.2) is 66.7 Å². The molecular formula is C32H36N2. The molecule has 0 atom stereocenters. The molecule has 34 heavy (non-hydrogen) atoms. The summed E-state index contributed by atoms with van der Waals surface area (Å²) < 4.78 is 0. The molecule has 0 radical (unpaired) electrons. The first kappa shape index (κ1) is 22.7. The van der Waals surface area contributed by atoms with E-state index in [1.54, 1.807) is 5.56 Å². The number of aromatic amines is 1. The number of aromatic nitrogens is 2. The highest BCUT2D eigenvalue weighted by Crippen LogP contribution is 2.54. The van der Waals surface area contributed by atoms with Crippen LogP contribution in [0, 0.1) is 13.8 Å². The lowest BCUT2D eigenvalue weighted by atomic mass is 9.70. The van der Waals surface area contributed by atoms with Crippen molar-refractivity contribution >= 4 is 0 Å². The Labute approximate surface area is 204 Å². The van der Waals surface area contributed by atoms with Crippen molar-refractivity contribution in [3.8, 4) is 33.5 Å². The minimum Gasteiger partial charge on any atom is -0.282 e. The smallest absolute Gasteiger partial charge is 0.0952 e. The van der Waals surface area contributed by atoms with Gasteiger partial charge in [-0.15, -0.1) is 0 Å². The van der Waals surface area contributed by atoms with E-state index in [0.29, 0.717) is 0 Å². The van der Waals surface area contributed by atoms with Crippen LogP contribution in [0.2, 0.25) is 0 Å². The van der Waals surface area contributed by atoms with Gasteiger partial charge < -0.3 is 0 Å². The van der Waals surface area contributed by atoms with E-state index in [-0.39, 0.29) is 5.41 Å². The van der Waals surface area contributed by atoms with Crippen LogP contribution in [-0.2, 0) is 5.41 Å². The molecule has 1 heterocycles. The van der Waals surface area contributed by atoms with Gasteiger partial charge in [-0.05, 0) is 71.7 Å². The number of nitrogens with one attached hydrogen (secondary N) is 1. The quantitative estimate of drug-likeness (QED) is 0.286. The van der Waals surface area contributed by atoms with Crippen LogP contribution in [0.25, 0.3) is 33.5 Å². The van der Waals surface area contributed by atoms with Crippen LogP contribution in [0.3, 0.4) is 0 Å². The molecule has 1 aliphatic carbocycles. The van der Waals surface area contributed by atoms with E-state index >= 15 is 0 Å². The maximum Gasteiger partial charge on any atom is 0.0952 e. The third kappa shape index (κ3) is 3.70. The van der Waals surface area contributed by atoms with E-state index < -0.39 is 0 Å². The summed E-state index contributed by atoms with van der Waals surface area (Å²) in [4.78, 5) is 0. The van der Waals surface area contributed by atoms with Gasteiger partial charge in [-0.2, -0.15) is 5.10 Å². The molecule has 0 aliphatic heterocycles. The molecule has 0 bridgehead atoms. The van der Waals surface area contributed by atoms with Gasteiger partial charge in [0.15, 0.2) is 0 Å². The molecule has 2 nitrogen and oxygen atoms in total. The molecule has 0 saturated heterocycles. The Balaban J connectivity index is 1.58. The predicted molar refractivity (Wildman–Crippen MR) is 144 cm³/mol. The monoisotopic (exact) mass is 448 g/mol. The Morgan fingerprint density at radius 2 is 1.32 bits per heavy atom. The SMILES string of the molecule is CCCCC1(CCCC)c2ccccc2-c2ccc(-c3ccc(-c4n[nH]c(C)c4C)cc3)cc21. The van der Waals surface area contributed by atoms with Crippen molar-refractivity contribution in [2.45, 2.75) is 71.6 Å². The Bertz CT molecular complexity index is 1290. The van der Waals surface area contributed by atoms with Gasteiger partial charge in [0, 0.05) is 16.7 Å². The Hall–Kier alpha value is -3.13. The van der Waals surface area contributed by atoms with Gasteiger partial charge in [-0.25, -0.2) is 0 Å². The Kier molecular flexibility index (Phi) is 6.16. The highest BCUT2D eigenvalue weighted by Gasteiger charge is 2.41. The van der Waals surface area contributed by atoms with Gasteiger partial charge in [0.1, 0.15) is 0 Å². The second-order valence-electron chi connectivity index (χ2n) is 9.99. The summed E-state index contributed by atoms with van der Waals surface area (Å²) in [7, 11) is 0. The van der Waals surface area contributed by atoms with Crippen LogP contribution in [0.4, 0.5) is 0 Å². The van der Waals surface area contributed by atoms with Crippen molar-refractivity contribution in [2.24, 2.45) is 0 Å². The van der Waals surface area contributed by atoms with Crippen LogP contribution >= 0.6 is 0 Å². The third-order valence-corrected chi connectivity index (χ3v) is 7.93. The molecule has 5 rings (SSSR count). The van der Waals surface area contributed by atoms with Crippen LogP contribution in [0.1, 0.15) is 74.8 Å². The largest absolute Gasteiger partial charge is 0.282 e. The highest BCUT2D eigenvalue weighted by atomic mass is 15.1. The standard InChI is InChI=1S/C32H36N2/c1-5-7-19-32(20-8-6-2)29-12-10-9-11-27(29)28-18-17-26(21-30(28)32)24-13-15-25(16-14-24)31-22(3)23(4)33-34-31/h9-18,21H,5-8,19-20H2,1-4H3,(H,33,34). The predicted octanol–water partition coefficient (Wildman–Crippen LogP) is 9.01. The van der Waals surface area contributed by atoms with Crippen LogP contribution < -0.4 is 0 Å². The van der Waals surface area contributed by atoms with Gasteiger partial charge >= 0.3 is 0 Å². The molecule has 3 aromatic carbocycles. The number of benzene rings is 3. The zero-order valence-corrected chi connectivity index (χ0v) is 21.0. The van der Waals surface area contributed by atoms with Crippen molar-refractivity contribution in [2.75, 3.05) is 0 Å². The molecule has 2 heteroatoms. The summed E-state index contributed by atoms with van der Waals surface area (Å²) in [5.74, 6) is 0. The minimum absolute atomic E-state index is 0.136.